The molecule has 0 radical (unpaired) electrons. The highest BCUT2D eigenvalue weighted by Gasteiger charge is 2.34. The van der Waals surface area contributed by atoms with E-state index in [-0.39, 0.29) is 6.04 Å². The molecule has 5 heteroatoms. The van der Waals surface area contributed by atoms with Gasteiger partial charge in [0.15, 0.2) is 0 Å². The van der Waals surface area contributed by atoms with Crippen LogP contribution in [0, 0.1) is 0 Å². The number of halogens is 1. The average molecular weight is 327 g/mol. The normalized spacial score (nSPS) is 20.4. The van der Waals surface area contributed by atoms with Crippen LogP contribution in [0.3, 0.4) is 0 Å². The predicted molar refractivity (Wildman–Crippen MR) is 89.9 cm³/mol. The molecule has 2 atom stereocenters. The number of aromatic nitrogens is 1. The van der Waals surface area contributed by atoms with E-state index in [1.165, 1.54) is 0 Å². The summed E-state index contributed by atoms with van der Waals surface area (Å²) < 4.78 is 0. The van der Waals surface area contributed by atoms with Crippen molar-refractivity contribution in [3.8, 4) is 0 Å². The number of rotatable bonds is 2. The van der Waals surface area contributed by atoms with Gasteiger partial charge in [0.05, 0.1) is 6.04 Å². The van der Waals surface area contributed by atoms with Gasteiger partial charge >= 0.3 is 5.97 Å². The van der Waals surface area contributed by atoms with Crippen LogP contribution in [-0.2, 0) is 11.2 Å². The Kier molecular flexibility index (Phi) is 3.36. The summed E-state index contributed by atoms with van der Waals surface area (Å²) in [6, 6.07) is 14.6. The van der Waals surface area contributed by atoms with Crippen LogP contribution in [0.1, 0.15) is 22.9 Å². The van der Waals surface area contributed by atoms with E-state index in [0.717, 1.165) is 27.7 Å². The van der Waals surface area contributed by atoms with Crippen molar-refractivity contribution in [3.05, 3.63) is 70.4 Å². The van der Waals surface area contributed by atoms with Crippen molar-refractivity contribution in [3.63, 3.8) is 0 Å². The monoisotopic (exact) mass is 326 g/mol. The van der Waals surface area contributed by atoms with E-state index >= 15 is 0 Å². The van der Waals surface area contributed by atoms with E-state index in [1.54, 1.807) is 0 Å². The van der Waals surface area contributed by atoms with E-state index in [4.69, 9.17) is 11.6 Å². The first-order chi connectivity index (χ1) is 11.1. The molecule has 4 rings (SSSR count). The maximum absolute atomic E-state index is 11.6. The zero-order chi connectivity index (χ0) is 16.0. The molecule has 0 fully saturated rings. The van der Waals surface area contributed by atoms with Crippen molar-refractivity contribution in [1.82, 2.24) is 10.3 Å². The van der Waals surface area contributed by atoms with Gasteiger partial charge in [-0.2, -0.15) is 0 Å². The van der Waals surface area contributed by atoms with Crippen molar-refractivity contribution < 1.29 is 9.90 Å². The summed E-state index contributed by atoms with van der Waals surface area (Å²) in [4.78, 5) is 15.0. The van der Waals surface area contributed by atoms with Gasteiger partial charge in [-0.05, 0) is 23.3 Å². The molecule has 0 bridgehead atoms. The van der Waals surface area contributed by atoms with Crippen LogP contribution >= 0.6 is 11.6 Å². The van der Waals surface area contributed by atoms with Gasteiger partial charge < -0.3 is 10.1 Å². The molecule has 3 aromatic rings. The molecule has 2 heterocycles. The zero-order valence-electron chi connectivity index (χ0n) is 12.2. The fourth-order valence-electron chi connectivity index (χ4n) is 3.35. The predicted octanol–water partition coefficient (Wildman–Crippen LogP) is 3.51. The number of benzene rings is 2. The topological polar surface area (TPSA) is 65.1 Å². The van der Waals surface area contributed by atoms with Gasteiger partial charge in [0.1, 0.15) is 6.04 Å². The first-order valence-corrected chi connectivity index (χ1v) is 7.85. The van der Waals surface area contributed by atoms with Crippen LogP contribution in [0.25, 0.3) is 10.9 Å². The summed E-state index contributed by atoms with van der Waals surface area (Å²) in [6.07, 6.45) is 0.454. The van der Waals surface area contributed by atoms with Crippen LogP contribution in [0.2, 0.25) is 5.02 Å². The third kappa shape index (κ3) is 2.31. The van der Waals surface area contributed by atoms with Gasteiger partial charge in [0.25, 0.3) is 0 Å². The van der Waals surface area contributed by atoms with E-state index in [9.17, 15) is 9.90 Å². The summed E-state index contributed by atoms with van der Waals surface area (Å²) in [5.74, 6) is -0.849. The molecular weight excluding hydrogens is 312 g/mol. The second kappa shape index (κ2) is 5.41. The Morgan fingerprint density at radius 1 is 1.13 bits per heavy atom. The van der Waals surface area contributed by atoms with Gasteiger partial charge in [0.2, 0.25) is 0 Å². The number of nitrogens with one attached hydrogen (secondary N) is 2. The second-order valence-corrected chi connectivity index (χ2v) is 6.19. The van der Waals surface area contributed by atoms with Crippen LogP contribution in [0.15, 0.2) is 48.5 Å². The lowest BCUT2D eigenvalue weighted by Gasteiger charge is -2.30. The van der Waals surface area contributed by atoms with Crippen LogP contribution in [0.4, 0.5) is 0 Å². The molecule has 116 valence electrons. The highest BCUT2D eigenvalue weighted by Crippen LogP contribution is 2.37. The molecule has 0 aliphatic carbocycles. The molecule has 1 aliphatic heterocycles. The first-order valence-electron chi connectivity index (χ1n) is 7.48. The van der Waals surface area contributed by atoms with Gasteiger partial charge in [-0.1, -0.05) is 48.0 Å². The standard InChI is InChI=1S/C18H15ClN2O2/c19-13-7-3-1-6-11(13)16-17-12(9-15(21-16)18(22)23)10-5-2-4-8-14(10)20-17/h1-8,15-16,20-21H,9H2,(H,22,23)/t15-,16+/m1/s1. The van der Waals surface area contributed by atoms with E-state index < -0.39 is 12.0 Å². The summed E-state index contributed by atoms with van der Waals surface area (Å²) in [6.45, 7) is 0. The lowest BCUT2D eigenvalue weighted by Crippen LogP contribution is -2.45. The number of carboxylic acids is 1. The molecule has 0 saturated carbocycles. The minimum atomic E-state index is -0.849. The molecule has 3 N–H and O–H groups in total. The Balaban J connectivity index is 1.93. The molecule has 2 aromatic carbocycles. The fraction of sp³-hybridized carbons (Fsp3) is 0.167. The third-order valence-electron chi connectivity index (χ3n) is 4.43. The molecule has 0 amide bonds. The molecule has 23 heavy (non-hydrogen) atoms. The fourth-order valence-corrected chi connectivity index (χ4v) is 3.59. The Labute approximate surface area is 138 Å². The number of carboxylic acid groups (broad SMARTS) is 1. The Bertz CT molecular complexity index is 903. The van der Waals surface area contributed by atoms with Crippen molar-refractivity contribution in [2.75, 3.05) is 0 Å². The molecule has 1 aliphatic rings. The summed E-state index contributed by atoms with van der Waals surface area (Å²) >= 11 is 6.35. The minimum absolute atomic E-state index is 0.263. The van der Waals surface area contributed by atoms with Crippen LogP contribution in [-0.4, -0.2) is 22.1 Å². The number of hydrogen-bond acceptors (Lipinski definition) is 2. The number of para-hydroxylation sites is 1. The number of fused-ring (bicyclic) bond motifs is 3. The largest absolute Gasteiger partial charge is 0.480 e. The van der Waals surface area contributed by atoms with Crippen molar-refractivity contribution >= 4 is 28.5 Å². The summed E-state index contributed by atoms with van der Waals surface area (Å²) in [7, 11) is 0. The van der Waals surface area contributed by atoms with Crippen molar-refractivity contribution in [2.45, 2.75) is 18.5 Å². The van der Waals surface area contributed by atoms with Gasteiger partial charge in [-0.3, -0.25) is 10.1 Å². The van der Waals surface area contributed by atoms with Crippen molar-refractivity contribution in [1.29, 1.82) is 0 Å². The quantitative estimate of drug-likeness (QED) is 0.675. The van der Waals surface area contributed by atoms with Crippen LogP contribution < -0.4 is 5.32 Å². The molecular formula is C18H15ClN2O2. The lowest BCUT2D eigenvalue weighted by molar-refractivity contribution is -0.139. The second-order valence-electron chi connectivity index (χ2n) is 5.78. The molecule has 4 nitrogen and oxygen atoms in total. The maximum Gasteiger partial charge on any atom is 0.321 e. The number of carbonyl (C=O) groups is 1. The highest BCUT2D eigenvalue weighted by atomic mass is 35.5. The summed E-state index contributed by atoms with van der Waals surface area (Å²) in [5.41, 5.74) is 3.95. The lowest BCUT2D eigenvalue weighted by atomic mass is 9.90. The Hall–Kier alpha value is -2.30. The van der Waals surface area contributed by atoms with Gasteiger partial charge in [-0.25, -0.2) is 0 Å². The van der Waals surface area contributed by atoms with Crippen LogP contribution in [0.5, 0.6) is 0 Å². The van der Waals surface area contributed by atoms with Crippen molar-refractivity contribution in [2.24, 2.45) is 0 Å². The summed E-state index contributed by atoms with van der Waals surface area (Å²) in [5, 5.41) is 14.4. The van der Waals surface area contributed by atoms with E-state index in [1.807, 2.05) is 48.5 Å². The molecule has 0 unspecified atom stereocenters. The third-order valence-corrected chi connectivity index (χ3v) is 4.77. The zero-order valence-corrected chi connectivity index (χ0v) is 13.0. The molecule has 0 spiro atoms. The number of aromatic amines is 1. The van der Waals surface area contributed by atoms with Gasteiger partial charge in [0, 0.05) is 28.0 Å². The Morgan fingerprint density at radius 2 is 1.87 bits per heavy atom. The SMILES string of the molecule is O=C(O)[C@H]1Cc2c([nH]c3ccccc23)[C@H](c2ccccc2Cl)N1. The number of aliphatic carboxylic acids is 1. The smallest absolute Gasteiger partial charge is 0.321 e. The van der Waals surface area contributed by atoms with E-state index in [2.05, 4.69) is 10.3 Å². The van der Waals surface area contributed by atoms with E-state index in [0.29, 0.717) is 11.4 Å². The first kappa shape index (κ1) is 14.3. The Morgan fingerprint density at radius 3 is 2.65 bits per heavy atom. The molecule has 1 aromatic heterocycles. The molecule has 0 saturated heterocycles. The van der Waals surface area contributed by atoms with Gasteiger partial charge in [-0.15, -0.1) is 0 Å². The minimum Gasteiger partial charge on any atom is -0.480 e. The highest BCUT2D eigenvalue weighted by molar-refractivity contribution is 6.31. The maximum atomic E-state index is 11.6. The average Bonchev–Trinajstić information content (AvgIpc) is 2.93. The number of hydrogen-bond donors (Lipinski definition) is 3. The number of H-pyrrole nitrogens is 1.